The Morgan fingerprint density at radius 3 is 1.94 bits per heavy atom. The molecule has 0 saturated carbocycles. The summed E-state index contributed by atoms with van der Waals surface area (Å²) in [6, 6.07) is 31.4. The van der Waals surface area contributed by atoms with E-state index in [0.29, 0.717) is 28.1 Å². The first-order chi connectivity index (χ1) is 17.0. The van der Waals surface area contributed by atoms with Crippen LogP contribution in [0.25, 0.3) is 11.1 Å². The van der Waals surface area contributed by atoms with Crippen molar-refractivity contribution in [3.05, 3.63) is 120 Å². The van der Waals surface area contributed by atoms with Crippen LogP contribution < -0.4 is 16.0 Å². The van der Waals surface area contributed by atoms with Crippen molar-refractivity contribution < 1.29 is 14.4 Å². The number of hydrogen-bond acceptors (Lipinski definition) is 3. The van der Waals surface area contributed by atoms with Gasteiger partial charge in [0, 0.05) is 22.5 Å². The van der Waals surface area contributed by atoms with Crippen molar-refractivity contribution >= 4 is 29.1 Å². The van der Waals surface area contributed by atoms with Gasteiger partial charge in [-0.15, -0.1) is 0 Å². The van der Waals surface area contributed by atoms with Crippen molar-refractivity contribution in [2.75, 3.05) is 17.2 Å². The predicted molar refractivity (Wildman–Crippen MR) is 138 cm³/mol. The van der Waals surface area contributed by atoms with Crippen LogP contribution in [-0.4, -0.2) is 24.3 Å². The lowest BCUT2D eigenvalue weighted by atomic mass is 10.0. The van der Waals surface area contributed by atoms with Crippen molar-refractivity contribution in [3.8, 4) is 11.1 Å². The summed E-state index contributed by atoms with van der Waals surface area (Å²) in [5.74, 6) is -0.993. The smallest absolute Gasteiger partial charge is 0.256 e. The molecule has 0 fully saturated rings. The quantitative estimate of drug-likeness (QED) is 0.348. The number of rotatable bonds is 7. The Hall–Kier alpha value is -4.71. The molecule has 4 aromatic carbocycles. The van der Waals surface area contributed by atoms with Crippen LogP contribution in [0.1, 0.15) is 26.3 Å². The molecule has 0 heterocycles. The molecule has 0 atom stereocenters. The molecule has 3 amide bonds. The molecule has 0 saturated heterocycles. The highest BCUT2D eigenvalue weighted by atomic mass is 16.2. The zero-order chi connectivity index (χ0) is 24.6. The van der Waals surface area contributed by atoms with E-state index in [1.807, 2.05) is 60.7 Å². The molecule has 0 unspecified atom stereocenters. The van der Waals surface area contributed by atoms with Crippen molar-refractivity contribution in [1.82, 2.24) is 5.32 Å². The SMILES string of the molecule is Cc1c(NC(=O)CNC(=O)c2ccc(-c3ccccc3)cc2)cccc1C(=O)Nc1ccccc1. The van der Waals surface area contributed by atoms with Crippen LogP contribution >= 0.6 is 0 Å². The fourth-order valence-corrected chi connectivity index (χ4v) is 3.64. The van der Waals surface area contributed by atoms with Gasteiger partial charge in [-0.05, 0) is 60.0 Å². The van der Waals surface area contributed by atoms with Crippen molar-refractivity contribution in [3.63, 3.8) is 0 Å². The van der Waals surface area contributed by atoms with E-state index in [9.17, 15) is 14.4 Å². The average Bonchev–Trinajstić information content (AvgIpc) is 2.89. The largest absolute Gasteiger partial charge is 0.343 e. The maximum Gasteiger partial charge on any atom is 0.256 e. The van der Waals surface area contributed by atoms with E-state index in [4.69, 9.17) is 0 Å². The maximum atomic E-state index is 12.7. The summed E-state index contributed by atoms with van der Waals surface area (Å²) in [6.07, 6.45) is 0. The molecular weight excluding hydrogens is 438 g/mol. The third-order valence-corrected chi connectivity index (χ3v) is 5.55. The zero-order valence-electron chi connectivity index (χ0n) is 19.2. The van der Waals surface area contributed by atoms with E-state index in [1.54, 1.807) is 49.4 Å². The Bertz CT molecular complexity index is 1330. The highest BCUT2D eigenvalue weighted by Crippen LogP contribution is 2.21. The molecule has 0 aliphatic carbocycles. The Morgan fingerprint density at radius 1 is 0.629 bits per heavy atom. The minimum atomic E-state index is -0.386. The van der Waals surface area contributed by atoms with E-state index in [2.05, 4.69) is 16.0 Å². The van der Waals surface area contributed by atoms with E-state index in [1.165, 1.54) is 0 Å². The summed E-state index contributed by atoms with van der Waals surface area (Å²) in [7, 11) is 0. The van der Waals surface area contributed by atoms with E-state index >= 15 is 0 Å². The van der Waals surface area contributed by atoms with Gasteiger partial charge in [0.05, 0.1) is 6.54 Å². The van der Waals surface area contributed by atoms with Gasteiger partial charge in [-0.2, -0.15) is 0 Å². The van der Waals surface area contributed by atoms with Gasteiger partial charge in [0.2, 0.25) is 5.91 Å². The van der Waals surface area contributed by atoms with Gasteiger partial charge in [0.1, 0.15) is 0 Å². The van der Waals surface area contributed by atoms with Gasteiger partial charge < -0.3 is 16.0 Å². The van der Waals surface area contributed by atoms with Crippen LogP contribution in [0.4, 0.5) is 11.4 Å². The molecule has 0 bridgehead atoms. The summed E-state index contributed by atoms with van der Waals surface area (Å²) in [6.45, 7) is 1.57. The Morgan fingerprint density at radius 2 is 1.26 bits per heavy atom. The average molecular weight is 464 g/mol. The lowest BCUT2D eigenvalue weighted by molar-refractivity contribution is -0.115. The second-order valence-corrected chi connectivity index (χ2v) is 7.97. The van der Waals surface area contributed by atoms with Crippen LogP contribution in [0.15, 0.2) is 103 Å². The summed E-state index contributed by atoms with van der Waals surface area (Å²) < 4.78 is 0. The van der Waals surface area contributed by atoms with E-state index < -0.39 is 0 Å². The lowest BCUT2D eigenvalue weighted by Gasteiger charge is -2.13. The van der Waals surface area contributed by atoms with Crippen LogP contribution in [0, 0.1) is 6.92 Å². The van der Waals surface area contributed by atoms with Crippen LogP contribution in [0.3, 0.4) is 0 Å². The highest BCUT2D eigenvalue weighted by Gasteiger charge is 2.14. The number of carbonyl (C=O) groups excluding carboxylic acids is 3. The molecule has 4 rings (SSSR count). The number of nitrogens with one attached hydrogen (secondary N) is 3. The van der Waals surface area contributed by atoms with Gasteiger partial charge in [-0.3, -0.25) is 14.4 Å². The number of amides is 3. The standard InChI is InChI=1S/C29H25N3O3/c1-20-25(29(35)31-24-11-6-3-7-12-24)13-8-14-26(20)32-27(33)19-30-28(34)23-17-15-22(16-18-23)21-9-4-2-5-10-21/h2-18H,19H2,1H3,(H,30,34)(H,31,35)(H,32,33). The van der Waals surface area contributed by atoms with Crippen LogP contribution in [0.5, 0.6) is 0 Å². The molecule has 0 spiro atoms. The third-order valence-electron chi connectivity index (χ3n) is 5.55. The number of para-hydroxylation sites is 1. The van der Waals surface area contributed by atoms with Crippen molar-refractivity contribution in [2.45, 2.75) is 6.92 Å². The Balaban J connectivity index is 1.34. The normalized spacial score (nSPS) is 10.3. The van der Waals surface area contributed by atoms with Gasteiger partial charge in [-0.25, -0.2) is 0 Å². The first-order valence-electron chi connectivity index (χ1n) is 11.2. The molecule has 4 aromatic rings. The summed E-state index contributed by atoms with van der Waals surface area (Å²) in [5.41, 5.74) is 4.82. The molecule has 0 aromatic heterocycles. The minimum Gasteiger partial charge on any atom is -0.343 e. The lowest BCUT2D eigenvalue weighted by Crippen LogP contribution is -2.33. The Labute approximate surface area is 204 Å². The summed E-state index contributed by atoms with van der Waals surface area (Å²) in [4.78, 5) is 37.7. The van der Waals surface area contributed by atoms with Gasteiger partial charge in [0.25, 0.3) is 11.8 Å². The van der Waals surface area contributed by atoms with Crippen molar-refractivity contribution in [1.29, 1.82) is 0 Å². The minimum absolute atomic E-state index is 0.195. The topological polar surface area (TPSA) is 87.3 Å². The van der Waals surface area contributed by atoms with Crippen LogP contribution in [0.2, 0.25) is 0 Å². The maximum absolute atomic E-state index is 12.7. The Kier molecular flexibility index (Phi) is 7.33. The zero-order valence-corrected chi connectivity index (χ0v) is 19.2. The molecule has 6 heteroatoms. The monoisotopic (exact) mass is 463 g/mol. The molecule has 6 nitrogen and oxygen atoms in total. The first kappa shape index (κ1) is 23.4. The van der Waals surface area contributed by atoms with E-state index in [0.717, 1.165) is 11.1 Å². The van der Waals surface area contributed by atoms with Gasteiger partial charge in [-0.1, -0.05) is 66.7 Å². The highest BCUT2D eigenvalue weighted by molar-refractivity contribution is 6.07. The molecule has 0 radical (unpaired) electrons. The molecule has 3 N–H and O–H groups in total. The van der Waals surface area contributed by atoms with Crippen molar-refractivity contribution in [2.24, 2.45) is 0 Å². The second kappa shape index (κ2) is 10.9. The van der Waals surface area contributed by atoms with Gasteiger partial charge in [0.15, 0.2) is 0 Å². The number of carbonyl (C=O) groups is 3. The van der Waals surface area contributed by atoms with Gasteiger partial charge >= 0.3 is 0 Å². The molecule has 0 aliphatic heterocycles. The predicted octanol–water partition coefficient (Wildman–Crippen LogP) is 5.28. The number of benzene rings is 4. The molecule has 174 valence electrons. The number of hydrogen-bond donors (Lipinski definition) is 3. The molecule has 35 heavy (non-hydrogen) atoms. The summed E-state index contributed by atoms with van der Waals surface area (Å²) in [5, 5.41) is 8.25. The van der Waals surface area contributed by atoms with Crippen LogP contribution in [-0.2, 0) is 4.79 Å². The fraction of sp³-hybridized carbons (Fsp3) is 0.0690. The molecule has 0 aliphatic rings. The first-order valence-corrected chi connectivity index (χ1v) is 11.2. The second-order valence-electron chi connectivity index (χ2n) is 7.97. The number of anilines is 2. The molecular formula is C29H25N3O3. The van der Waals surface area contributed by atoms with E-state index in [-0.39, 0.29) is 24.3 Å². The summed E-state index contributed by atoms with van der Waals surface area (Å²) >= 11 is 0. The fourth-order valence-electron chi connectivity index (χ4n) is 3.64. The third kappa shape index (κ3) is 6.00.